The van der Waals surface area contributed by atoms with E-state index >= 15 is 0 Å². The topological polar surface area (TPSA) is 111 Å². The number of benzene rings is 2. The van der Waals surface area contributed by atoms with Crippen LogP contribution in [0.25, 0.3) is 0 Å². The lowest BCUT2D eigenvalue weighted by Crippen LogP contribution is -2.28. The molecule has 124 valence electrons. The molecule has 7 heteroatoms. The van der Waals surface area contributed by atoms with Crippen LogP contribution in [0, 0.1) is 0 Å². The van der Waals surface area contributed by atoms with Crippen LogP contribution in [0.3, 0.4) is 0 Å². The van der Waals surface area contributed by atoms with Gasteiger partial charge in [0.15, 0.2) is 6.61 Å². The first kappa shape index (κ1) is 17.0. The molecule has 2 aromatic rings. The number of nitrogens with one attached hydrogen (secondary N) is 2. The number of para-hydroxylation sites is 1. The smallest absolute Gasteiger partial charge is 0.338 e. The summed E-state index contributed by atoms with van der Waals surface area (Å²) in [6, 6.07) is 14.7. The molecule has 0 heterocycles. The zero-order valence-corrected chi connectivity index (χ0v) is 12.8. The Morgan fingerprint density at radius 2 is 1.62 bits per heavy atom. The van der Waals surface area contributed by atoms with Crippen molar-refractivity contribution in [1.29, 1.82) is 0 Å². The minimum Gasteiger partial charge on any atom is -0.452 e. The van der Waals surface area contributed by atoms with Gasteiger partial charge in [-0.1, -0.05) is 30.3 Å². The first-order valence-corrected chi connectivity index (χ1v) is 7.19. The monoisotopic (exact) mass is 327 g/mol. The molecule has 0 saturated carbocycles. The summed E-state index contributed by atoms with van der Waals surface area (Å²) in [6.45, 7) is -0.108. The summed E-state index contributed by atoms with van der Waals surface area (Å²) in [4.78, 5) is 34.2. The summed E-state index contributed by atoms with van der Waals surface area (Å²) in [5, 5.41) is 5.06. The predicted molar refractivity (Wildman–Crippen MR) is 88.2 cm³/mol. The van der Waals surface area contributed by atoms with E-state index in [-0.39, 0.29) is 13.2 Å². The van der Waals surface area contributed by atoms with E-state index in [4.69, 9.17) is 10.5 Å². The minimum absolute atomic E-state index is 0.268. The molecule has 0 aliphatic carbocycles. The van der Waals surface area contributed by atoms with Crippen molar-refractivity contribution in [1.82, 2.24) is 5.32 Å². The quantitative estimate of drug-likeness (QED) is 0.701. The van der Waals surface area contributed by atoms with E-state index in [9.17, 15) is 14.4 Å². The van der Waals surface area contributed by atoms with E-state index < -0.39 is 17.9 Å². The predicted octanol–water partition coefficient (Wildman–Crippen LogP) is 1.65. The van der Waals surface area contributed by atoms with Crippen molar-refractivity contribution in [3.8, 4) is 0 Å². The van der Waals surface area contributed by atoms with Gasteiger partial charge in [0.25, 0.3) is 5.91 Å². The van der Waals surface area contributed by atoms with Gasteiger partial charge >= 0.3 is 12.0 Å². The maximum atomic E-state index is 11.9. The molecule has 7 nitrogen and oxygen atoms in total. The molecule has 0 spiro atoms. The molecule has 0 unspecified atom stereocenters. The second kappa shape index (κ2) is 8.33. The van der Waals surface area contributed by atoms with Crippen molar-refractivity contribution in [2.45, 2.75) is 6.54 Å². The first-order valence-electron chi connectivity index (χ1n) is 7.19. The molecule has 0 saturated heterocycles. The van der Waals surface area contributed by atoms with Gasteiger partial charge in [-0.2, -0.15) is 0 Å². The van der Waals surface area contributed by atoms with Crippen LogP contribution in [0.4, 0.5) is 10.5 Å². The maximum absolute atomic E-state index is 11.9. The average molecular weight is 327 g/mol. The summed E-state index contributed by atoms with van der Waals surface area (Å²) in [5.41, 5.74) is 6.70. The number of rotatable bonds is 6. The standard InChI is InChI=1S/C17H17N3O4/c18-17(23)19-10-12-6-8-13(9-7-12)16(22)24-11-15(21)20-14-4-2-1-3-5-14/h1-9H,10-11H2,(H,20,21)(H3,18,19,23). The summed E-state index contributed by atoms with van der Waals surface area (Å²) in [7, 11) is 0. The number of amides is 3. The molecule has 0 fully saturated rings. The highest BCUT2D eigenvalue weighted by Crippen LogP contribution is 2.07. The minimum atomic E-state index is -0.622. The Morgan fingerprint density at radius 1 is 0.958 bits per heavy atom. The Labute approximate surface area is 138 Å². The maximum Gasteiger partial charge on any atom is 0.338 e. The third-order valence-electron chi connectivity index (χ3n) is 3.05. The highest BCUT2D eigenvalue weighted by Gasteiger charge is 2.10. The number of urea groups is 1. The Bertz CT molecular complexity index is 714. The van der Waals surface area contributed by atoms with E-state index in [2.05, 4.69) is 10.6 Å². The van der Waals surface area contributed by atoms with Gasteiger partial charge in [-0.05, 0) is 29.8 Å². The van der Waals surface area contributed by atoms with Gasteiger partial charge in [0.05, 0.1) is 5.56 Å². The van der Waals surface area contributed by atoms with Gasteiger partial charge in [0.1, 0.15) is 0 Å². The SMILES string of the molecule is NC(=O)NCc1ccc(C(=O)OCC(=O)Nc2ccccc2)cc1. The van der Waals surface area contributed by atoms with Gasteiger partial charge in [-0.25, -0.2) is 9.59 Å². The molecule has 4 N–H and O–H groups in total. The zero-order valence-electron chi connectivity index (χ0n) is 12.8. The largest absolute Gasteiger partial charge is 0.452 e. The number of hydrogen-bond acceptors (Lipinski definition) is 4. The Balaban J connectivity index is 1.81. The molecule has 0 aliphatic rings. The molecule has 0 radical (unpaired) electrons. The van der Waals surface area contributed by atoms with Gasteiger partial charge in [0.2, 0.25) is 0 Å². The van der Waals surface area contributed by atoms with Gasteiger partial charge in [0, 0.05) is 12.2 Å². The molecular formula is C17H17N3O4. The van der Waals surface area contributed by atoms with Crippen LogP contribution in [0.5, 0.6) is 0 Å². The van der Waals surface area contributed by atoms with E-state index in [1.807, 2.05) is 6.07 Å². The molecule has 0 aliphatic heterocycles. The number of carbonyl (C=O) groups is 3. The van der Waals surface area contributed by atoms with Crippen molar-refractivity contribution in [3.05, 3.63) is 65.7 Å². The van der Waals surface area contributed by atoms with Crippen LogP contribution in [0.15, 0.2) is 54.6 Å². The fourth-order valence-electron chi connectivity index (χ4n) is 1.88. The normalized spacial score (nSPS) is 9.83. The number of carbonyl (C=O) groups excluding carboxylic acids is 3. The Hall–Kier alpha value is -3.35. The molecular weight excluding hydrogens is 310 g/mol. The molecule has 0 atom stereocenters. The number of esters is 1. The van der Waals surface area contributed by atoms with Crippen molar-refractivity contribution in [2.75, 3.05) is 11.9 Å². The lowest BCUT2D eigenvalue weighted by molar-refractivity contribution is -0.119. The lowest BCUT2D eigenvalue weighted by atomic mass is 10.1. The molecule has 0 aromatic heterocycles. The van der Waals surface area contributed by atoms with Gasteiger partial charge in [-0.3, -0.25) is 4.79 Å². The van der Waals surface area contributed by atoms with Gasteiger partial charge in [-0.15, -0.1) is 0 Å². The third kappa shape index (κ3) is 5.45. The molecule has 3 amide bonds. The third-order valence-corrected chi connectivity index (χ3v) is 3.05. The number of primary amides is 1. The second-order valence-electron chi connectivity index (χ2n) is 4.91. The van der Waals surface area contributed by atoms with Crippen molar-refractivity contribution in [3.63, 3.8) is 0 Å². The van der Waals surface area contributed by atoms with E-state index in [0.717, 1.165) is 5.56 Å². The highest BCUT2D eigenvalue weighted by molar-refractivity contribution is 5.95. The summed E-state index contributed by atoms with van der Waals surface area (Å²) >= 11 is 0. The second-order valence-corrected chi connectivity index (χ2v) is 4.91. The Kier molecular flexibility index (Phi) is 5.90. The number of hydrogen-bond donors (Lipinski definition) is 3. The fourth-order valence-corrected chi connectivity index (χ4v) is 1.88. The molecule has 0 bridgehead atoms. The number of ether oxygens (including phenoxy) is 1. The Morgan fingerprint density at radius 3 is 2.25 bits per heavy atom. The molecule has 2 rings (SSSR count). The summed E-state index contributed by atoms with van der Waals surface area (Å²) in [6.07, 6.45) is 0. The van der Waals surface area contributed by atoms with Crippen LogP contribution in [-0.4, -0.2) is 24.5 Å². The van der Waals surface area contributed by atoms with Crippen molar-refractivity contribution in [2.24, 2.45) is 5.73 Å². The van der Waals surface area contributed by atoms with E-state index in [0.29, 0.717) is 11.3 Å². The fraction of sp³-hybridized carbons (Fsp3) is 0.118. The van der Waals surface area contributed by atoms with Crippen LogP contribution >= 0.6 is 0 Å². The van der Waals surface area contributed by atoms with Crippen LogP contribution < -0.4 is 16.4 Å². The van der Waals surface area contributed by atoms with Crippen LogP contribution in [-0.2, 0) is 16.1 Å². The number of nitrogens with two attached hydrogens (primary N) is 1. The van der Waals surface area contributed by atoms with Crippen molar-refractivity contribution >= 4 is 23.6 Å². The zero-order chi connectivity index (χ0) is 17.4. The van der Waals surface area contributed by atoms with E-state index in [1.54, 1.807) is 48.5 Å². The first-order chi connectivity index (χ1) is 11.5. The number of anilines is 1. The van der Waals surface area contributed by atoms with Gasteiger partial charge < -0.3 is 21.1 Å². The van der Waals surface area contributed by atoms with E-state index in [1.165, 1.54) is 0 Å². The van der Waals surface area contributed by atoms with Crippen LogP contribution in [0.2, 0.25) is 0 Å². The molecule has 24 heavy (non-hydrogen) atoms. The lowest BCUT2D eigenvalue weighted by Gasteiger charge is -2.07. The highest BCUT2D eigenvalue weighted by atomic mass is 16.5. The average Bonchev–Trinajstić information content (AvgIpc) is 2.59. The summed E-state index contributed by atoms with van der Waals surface area (Å²) < 4.78 is 4.96. The molecule has 2 aromatic carbocycles. The van der Waals surface area contributed by atoms with Crippen LogP contribution in [0.1, 0.15) is 15.9 Å². The summed E-state index contributed by atoms with van der Waals surface area (Å²) in [5.74, 6) is -1.02. The van der Waals surface area contributed by atoms with Crippen molar-refractivity contribution < 1.29 is 19.1 Å².